The van der Waals surface area contributed by atoms with Crippen LogP contribution in [0.2, 0.25) is 0 Å². The normalized spacial score (nSPS) is 55.0. The van der Waals surface area contributed by atoms with Crippen molar-refractivity contribution in [1.82, 2.24) is 0 Å². The molecular weight excluding hydrogens is 440 g/mol. The van der Waals surface area contributed by atoms with Crippen LogP contribution in [-0.2, 0) is 23.7 Å². The lowest BCUT2D eigenvalue weighted by atomic mass is 9.96. The lowest BCUT2D eigenvalue weighted by molar-refractivity contribution is -0.378. The predicted octanol–water partition coefficient (Wildman–Crippen LogP) is -5.52. The van der Waals surface area contributed by atoms with E-state index in [2.05, 4.69) is 0 Å². The van der Waals surface area contributed by atoms with E-state index in [0.29, 0.717) is 0 Å². The highest BCUT2D eigenvalue weighted by atomic mass is 16.7. The van der Waals surface area contributed by atoms with E-state index in [1.165, 1.54) is 13.8 Å². The molecule has 3 heterocycles. The van der Waals surface area contributed by atoms with Gasteiger partial charge >= 0.3 is 0 Å². The van der Waals surface area contributed by atoms with Gasteiger partial charge in [0, 0.05) is 0 Å². The van der Waals surface area contributed by atoms with E-state index in [-0.39, 0.29) is 0 Å². The van der Waals surface area contributed by atoms with Crippen molar-refractivity contribution in [3.05, 3.63) is 0 Å². The molecule has 14 heteroatoms. The Labute approximate surface area is 183 Å². The van der Waals surface area contributed by atoms with Gasteiger partial charge in [0.05, 0.1) is 18.8 Å². The molecule has 0 radical (unpaired) electrons. The summed E-state index contributed by atoms with van der Waals surface area (Å²) in [6, 6.07) is 0. The minimum absolute atomic E-state index is 0.704. The standard InChI is InChI=1S/C18H32O14/c1-4-7(20)11(24)15(16(27)28-4)32-18-13(26)14(8(21)5(2)29-18)31-17-12(25)10(23)9(22)6(3-19)30-17/h4-27H,3H2,1-2H3/t4?,5?,6-,7+,8+,9-,10?,11-,12?,13?,14-,15?,16-,17-,18+/m1/s1. The van der Waals surface area contributed by atoms with E-state index in [1.54, 1.807) is 0 Å². The third-order valence-electron chi connectivity index (χ3n) is 6.02. The first-order chi connectivity index (χ1) is 15.0. The molecule has 0 saturated carbocycles. The van der Waals surface area contributed by atoms with Crippen molar-refractivity contribution in [2.24, 2.45) is 0 Å². The van der Waals surface area contributed by atoms with Gasteiger partial charge in [0.1, 0.15) is 61.0 Å². The third kappa shape index (κ3) is 4.94. The fourth-order valence-electron chi connectivity index (χ4n) is 3.93. The van der Waals surface area contributed by atoms with E-state index in [4.69, 9.17) is 23.7 Å². The van der Waals surface area contributed by atoms with Crippen LogP contribution < -0.4 is 0 Å². The topological polar surface area (TPSA) is 228 Å². The van der Waals surface area contributed by atoms with Crippen molar-refractivity contribution < 1.29 is 69.6 Å². The second kappa shape index (κ2) is 10.4. The van der Waals surface area contributed by atoms with Crippen LogP contribution in [0.1, 0.15) is 13.8 Å². The smallest absolute Gasteiger partial charge is 0.187 e. The summed E-state index contributed by atoms with van der Waals surface area (Å²) >= 11 is 0. The van der Waals surface area contributed by atoms with Gasteiger partial charge in [-0.1, -0.05) is 0 Å². The fraction of sp³-hybridized carbons (Fsp3) is 1.00. The number of aliphatic hydroxyl groups is 9. The van der Waals surface area contributed by atoms with Crippen LogP contribution in [0.3, 0.4) is 0 Å². The SMILES string of the molecule is CC1O[C@@H](O)C(O[C@@H]2OC(C)[C@H](O)[C@@H](O[C@H]3O[C@H](CO)[C@@H](O)C(O)C3O)C2O)[C@H](O)[C@H]1O. The molecule has 32 heavy (non-hydrogen) atoms. The molecule has 0 aliphatic carbocycles. The lowest BCUT2D eigenvalue weighted by Gasteiger charge is -2.47. The maximum Gasteiger partial charge on any atom is 0.187 e. The van der Waals surface area contributed by atoms with Crippen LogP contribution in [0.5, 0.6) is 0 Å². The van der Waals surface area contributed by atoms with Crippen LogP contribution in [-0.4, -0.2) is 145 Å². The van der Waals surface area contributed by atoms with Gasteiger partial charge in [-0.2, -0.15) is 0 Å². The molecule has 14 nitrogen and oxygen atoms in total. The Bertz CT molecular complexity index is 608. The van der Waals surface area contributed by atoms with Crippen molar-refractivity contribution in [3.8, 4) is 0 Å². The third-order valence-corrected chi connectivity index (χ3v) is 6.02. The number of aliphatic hydroxyl groups excluding tert-OH is 9. The molecular formula is C18H32O14. The highest BCUT2D eigenvalue weighted by molar-refractivity contribution is 4.95. The zero-order valence-corrected chi connectivity index (χ0v) is 17.4. The van der Waals surface area contributed by atoms with Crippen molar-refractivity contribution in [3.63, 3.8) is 0 Å². The number of rotatable bonds is 5. The number of hydrogen-bond donors (Lipinski definition) is 9. The van der Waals surface area contributed by atoms with Crippen LogP contribution in [0.4, 0.5) is 0 Å². The van der Waals surface area contributed by atoms with E-state index < -0.39 is 98.7 Å². The Kier molecular flexibility index (Phi) is 8.44. The van der Waals surface area contributed by atoms with Crippen LogP contribution in [0.25, 0.3) is 0 Å². The van der Waals surface area contributed by atoms with Gasteiger partial charge in [0.2, 0.25) is 0 Å². The molecule has 3 rings (SSSR count). The minimum atomic E-state index is -1.78. The Balaban J connectivity index is 1.73. The van der Waals surface area contributed by atoms with Gasteiger partial charge in [-0.05, 0) is 13.8 Å². The minimum Gasteiger partial charge on any atom is -0.394 e. The van der Waals surface area contributed by atoms with Gasteiger partial charge < -0.3 is 69.6 Å². The first-order valence-corrected chi connectivity index (χ1v) is 10.3. The first-order valence-electron chi connectivity index (χ1n) is 10.3. The van der Waals surface area contributed by atoms with E-state index in [9.17, 15) is 46.0 Å². The molecule has 3 aliphatic heterocycles. The summed E-state index contributed by atoms with van der Waals surface area (Å²) in [4.78, 5) is 0. The molecule has 3 saturated heterocycles. The monoisotopic (exact) mass is 472 g/mol. The largest absolute Gasteiger partial charge is 0.394 e. The lowest BCUT2D eigenvalue weighted by Crippen LogP contribution is -2.65. The van der Waals surface area contributed by atoms with Crippen molar-refractivity contribution in [2.75, 3.05) is 6.61 Å². The second-order valence-electron chi connectivity index (χ2n) is 8.30. The highest BCUT2D eigenvalue weighted by Crippen LogP contribution is 2.31. The fourth-order valence-corrected chi connectivity index (χ4v) is 3.93. The predicted molar refractivity (Wildman–Crippen MR) is 98.4 cm³/mol. The highest BCUT2D eigenvalue weighted by Gasteiger charge is 2.52. The average molecular weight is 472 g/mol. The Morgan fingerprint density at radius 2 is 1.12 bits per heavy atom. The summed E-state index contributed by atoms with van der Waals surface area (Å²) in [5, 5.41) is 90.7. The van der Waals surface area contributed by atoms with E-state index >= 15 is 0 Å². The van der Waals surface area contributed by atoms with Gasteiger partial charge in [-0.3, -0.25) is 0 Å². The summed E-state index contributed by atoms with van der Waals surface area (Å²) in [6.45, 7) is 2.14. The zero-order chi connectivity index (χ0) is 23.9. The maximum absolute atomic E-state index is 10.7. The molecule has 15 atom stereocenters. The molecule has 0 amide bonds. The summed E-state index contributed by atoms with van der Waals surface area (Å²) < 4.78 is 26.7. The molecule has 6 unspecified atom stereocenters. The molecule has 9 N–H and O–H groups in total. The molecule has 0 aromatic rings. The van der Waals surface area contributed by atoms with Crippen LogP contribution >= 0.6 is 0 Å². The summed E-state index contributed by atoms with van der Waals surface area (Å²) in [5.41, 5.74) is 0. The molecule has 0 spiro atoms. The van der Waals surface area contributed by atoms with E-state index in [1.807, 2.05) is 0 Å². The zero-order valence-electron chi connectivity index (χ0n) is 17.4. The van der Waals surface area contributed by atoms with Gasteiger partial charge in [-0.25, -0.2) is 0 Å². The van der Waals surface area contributed by atoms with Gasteiger partial charge in [-0.15, -0.1) is 0 Å². The Hall–Kier alpha value is -0.560. The van der Waals surface area contributed by atoms with Crippen molar-refractivity contribution >= 4 is 0 Å². The van der Waals surface area contributed by atoms with Gasteiger partial charge in [0.15, 0.2) is 18.9 Å². The first kappa shape index (κ1) is 26.1. The summed E-state index contributed by atoms with van der Waals surface area (Å²) in [6.07, 6.45) is -22.5. The van der Waals surface area contributed by atoms with Crippen molar-refractivity contribution in [1.29, 1.82) is 0 Å². The Morgan fingerprint density at radius 1 is 0.562 bits per heavy atom. The number of hydrogen-bond acceptors (Lipinski definition) is 14. The molecule has 0 bridgehead atoms. The van der Waals surface area contributed by atoms with Crippen LogP contribution in [0, 0.1) is 0 Å². The van der Waals surface area contributed by atoms with Gasteiger partial charge in [0.25, 0.3) is 0 Å². The quantitative estimate of drug-likeness (QED) is 0.182. The molecule has 3 aliphatic rings. The molecule has 0 aromatic carbocycles. The average Bonchev–Trinajstić information content (AvgIpc) is 2.75. The van der Waals surface area contributed by atoms with Crippen LogP contribution in [0.15, 0.2) is 0 Å². The second-order valence-corrected chi connectivity index (χ2v) is 8.30. The van der Waals surface area contributed by atoms with E-state index in [0.717, 1.165) is 0 Å². The summed E-state index contributed by atoms with van der Waals surface area (Å²) in [7, 11) is 0. The maximum atomic E-state index is 10.7. The molecule has 188 valence electrons. The molecule has 3 fully saturated rings. The summed E-state index contributed by atoms with van der Waals surface area (Å²) in [5.74, 6) is 0. The molecule has 0 aromatic heterocycles. The number of ether oxygens (including phenoxy) is 5. The Morgan fingerprint density at radius 3 is 1.75 bits per heavy atom. The van der Waals surface area contributed by atoms with Crippen molar-refractivity contribution in [2.45, 2.75) is 106 Å².